The normalized spacial score (nSPS) is 16.9. The molecule has 102 valence electrons. The Morgan fingerprint density at radius 3 is 2.67 bits per heavy atom. The first-order valence-corrected chi connectivity index (χ1v) is 8.56. The Labute approximate surface area is 116 Å². The van der Waals surface area contributed by atoms with E-state index in [-0.39, 0.29) is 0 Å². The van der Waals surface area contributed by atoms with Gasteiger partial charge in [0.2, 0.25) is 0 Å². The van der Waals surface area contributed by atoms with E-state index in [9.17, 15) is 0 Å². The zero-order valence-corrected chi connectivity index (χ0v) is 12.5. The highest BCUT2D eigenvalue weighted by Crippen LogP contribution is 2.42. The molecule has 0 bridgehead atoms. The summed E-state index contributed by atoms with van der Waals surface area (Å²) in [6.07, 6.45) is 11.2. The second-order valence-corrected chi connectivity index (χ2v) is 6.53. The van der Waals surface area contributed by atoms with Crippen LogP contribution in [0.2, 0.25) is 0 Å². The van der Waals surface area contributed by atoms with Crippen molar-refractivity contribution < 1.29 is 0 Å². The molecule has 1 aliphatic rings. The smallest absolute Gasteiger partial charge is 0.0443 e. The van der Waals surface area contributed by atoms with E-state index < -0.39 is 0 Å². The van der Waals surface area contributed by atoms with Crippen molar-refractivity contribution in [2.24, 2.45) is 5.92 Å². The van der Waals surface area contributed by atoms with Crippen LogP contribution in [0.5, 0.6) is 0 Å². The topological polar surface area (TPSA) is 12.0 Å². The zero-order chi connectivity index (χ0) is 12.6. The third kappa shape index (κ3) is 4.74. The summed E-state index contributed by atoms with van der Waals surface area (Å²) in [7, 11) is 0. The molecule has 0 amide bonds. The number of hydrogen-bond acceptors (Lipinski definition) is 2. The molecule has 0 aromatic carbocycles. The molecule has 1 aliphatic carbocycles. The number of nitrogens with one attached hydrogen (secondary N) is 1. The zero-order valence-electron chi connectivity index (χ0n) is 11.7. The summed E-state index contributed by atoms with van der Waals surface area (Å²) < 4.78 is 0. The Bertz CT molecular complexity index is 303. The van der Waals surface area contributed by atoms with Crippen LogP contribution in [0.25, 0.3) is 0 Å². The van der Waals surface area contributed by atoms with Gasteiger partial charge in [-0.15, -0.1) is 11.3 Å². The quantitative estimate of drug-likeness (QED) is 0.577. The summed E-state index contributed by atoms with van der Waals surface area (Å²) in [4.78, 5) is 1.54. The monoisotopic (exact) mass is 265 g/mol. The molecule has 0 spiro atoms. The lowest BCUT2D eigenvalue weighted by Crippen LogP contribution is -2.23. The van der Waals surface area contributed by atoms with E-state index in [1.807, 2.05) is 11.3 Å². The van der Waals surface area contributed by atoms with Gasteiger partial charge in [0.25, 0.3) is 0 Å². The Kier molecular flexibility index (Phi) is 6.22. The maximum atomic E-state index is 3.79. The molecule has 1 heterocycles. The Morgan fingerprint density at radius 2 is 2.00 bits per heavy atom. The molecule has 2 heteroatoms. The summed E-state index contributed by atoms with van der Waals surface area (Å²) in [5, 5.41) is 5.99. The van der Waals surface area contributed by atoms with Crippen molar-refractivity contribution in [2.45, 2.75) is 64.3 Å². The molecule has 0 aliphatic heterocycles. The average molecular weight is 265 g/mol. The van der Waals surface area contributed by atoms with Gasteiger partial charge in [0.1, 0.15) is 0 Å². The van der Waals surface area contributed by atoms with Crippen LogP contribution in [0.1, 0.15) is 69.2 Å². The third-order valence-corrected chi connectivity index (χ3v) is 4.79. The van der Waals surface area contributed by atoms with Gasteiger partial charge < -0.3 is 5.32 Å². The molecule has 1 unspecified atom stereocenters. The van der Waals surface area contributed by atoms with Crippen LogP contribution in [-0.4, -0.2) is 6.54 Å². The van der Waals surface area contributed by atoms with E-state index in [4.69, 9.17) is 0 Å². The van der Waals surface area contributed by atoms with Crippen molar-refractivity contribution in [2.75, 3.05) is 6.54 Å². The summed E-state index contributed by atoms with van der Waals surface area (Å²) in [6.45, 7) is 3.48. The van der Waals surface area contributed by atoms with E-state index in [2.05, 4.69) is 29.8 Å². The van der Waals surface area contributed by atoms with Crippen molar-refractivity contribution in [1.82, 2.24) is 5.32 Å². The molecular weight excluding hydrogens is 238 g/mol. The SMILES string of the molecule is CCCCCCCCNC(c1cccs1)C1CC1. The summed E-state index contributed by atoms with van der Waals surface area (Å²) in [5.41, 5.74) is 0. The molecular formula is C16H27NS. The summed E-state index contributed by atoms with van der Waals surface area (Å²) in [5.74, 6) is 0.920. The maximum Gasteiger partial charge on any atom is 0.0443 e. The third-order valence-electron chi connectivity index (χ3n) is 3.84. The first-order valence-electron chi connectivity index (χ1n) is 7.68. The highest BCUT2D eigenvalue weighted by Gasteiger charge is 2.32. The molecule has 1 saturated carbocycles. The van der Waals surface area contributed by atoms with Crippen LogP contribution in [0.3, 0.4) is 0 Å². The van der Waals surface area contributed by atoms with Gasteiger partial charge in [0.05, 0.1) is 0 Å². The van der Waals surface area contributed by atoms with Crippen molar-refractivity contribution in [1.29, 1.82) is 0 Å². The molecule has 1 N–H and O–H groups in total. The fourth-order valence-corrected chi connectivity index (χ4v) is 3.45. The molecule has 1 aromatic rings. The van der Waals surface area contributed by atoms with Gasteiger partial charge >= 0.3 is 0 Å². The molecule has 0 radical (unpaired) electrons. The second kappa shape index (κ2) is 7.96. The fraction of sp³-hybridized carbons (Fsp3) is 0.750. The van der Waals surface area contributed by atoms with E-state index in [0.29, 0.717) is 6.04 Å². The van der Waals surface area contributed by atoms with Crippen LogP contribution in [0.4, 0.5) is 0 Å². The van der Waals surface area contributed by atoms with Gasteiger partial charge in [0.15, 0.2) is 0 Å². The van der Waals surface area contributed by atoms with Crippen LogP contribution < -0.4 is 5.32 Å². The number of hydrogen-bond donors (Lipinski definition) is 1. The van der Waals surface area contributed by atoms with Crippen LogP contribution >= 0.6 is 11.3 Å². The van der Waals surface area contributed by atoms with Gasteiger partial charge in [-0.3, -0.25) is 0 Å². The minimum absolute atomic E-state index is 0.653. The predicted molar refractivity (Wildman–Crippen MR) is 81.2 cm³/mol. The van der Waals surface area contributed by atoms with Crippen molar-refractivity contribution >= 4 is 11.3 Å². The number of thiophene rings is 1. The standard InChI is InChI=1S/C16H27NS/c1-2-3-4-5-6-7-12-17-16(14-10-11-14)15-9-8-13-18-15/h8-9,13-14,16-17H,2-7,10-12H2,1H3. The van der Waals surface area contributed by atoms with Crippen LogP contribution in [0, 0.1) is 5.92 Å². The van der Waals surface area contributed by atoms with Gasteiger partial charge in [0, 0.05) is 10.9 Å². The van der Waals surface area contributed by atoms with E-state index in [0.717, 1.165) is 5.92 Å². The van der Waals surface area contributed by atoms with Gasteiger partial charge in [-0.2, -0.15) is 0 Å². The molecule has 0 saturated heterocycles. The van der Waals surface area contributed by atoms with Gasteiger partial charge in [-0.25, -0.2) is 0 Å². The fourth-order valence-electron chi connectivity index (χ4n) is 2.56. The predicted octanol–water partition coefficient (Wildman–Crippen LogP) is 5.15. The number of rotatable bonds is 10. The largest absolute Gasteiger partial charge is 0.309 e. The highest BCUT2D eigenvalue weighted by molar-refractivity contribution is 7.10. The Morgan fingerprint density at radius 1 is 1.22 bits per heavy atom. The second-order valence-electron chi connectivity index (χ2n) is 5.55. The van der Waals surface area contributed by atoms with Crippen molar-refractivity contribution in [3.05, 3.63) is 22.4 Å². The molecule has 1 nitrogen and oxygen atoms in total. The minimum Gasteiger partial charge on any atom is -0.309 e. The van der Waals surface area contributed by atoms with Crippen LogP contribution in [-0.2, 0) is 0 Å². The summed E-state index contributed by atoms with van der Waals surface area (Å²) in [6, 6.07) is 5.13. The molecule has 1 aromatic heterocycles. The Balaban J connectivity index is 1.59. The first kappa shape index (κ1) is 14.1. The lowest BCUT2D eigenvalue weighted by atomic mass is 10.1. The van der Waals surface area contributed by atoms with Gasteiger partial charge in [-0.1, -0.05) is 45.1 Å². The molecule has 1 atom stereocenters. The van der Waals surface area contributed by atoms with Crippen molar-refractivity contribution in [3.63, 3.8) is 0 Å². The number of unbranched alkanes of at least 4 members (excludes halogenated alkanes) is 5. The molecule has 18 heavy (non-hydrogen) atoms. The average Bonchev–Trinajstić information content (AvgIpc) is 3.07. The molecule has 1 fully saturated rings. The van der Waals surface area contributed by atoms with Gasteiger partial charge in [-0.05, 0) is 43.2 Å². The van der Waals surface area contributed by atoms with E-state index in [1.54, 1.807) is 4.88 Å². The molecule has 2 rings (SSSR count). The minimum atomic E-state index is 0.653. The lowest BCUT2D eigenvalue weighted by molar-refractivity contribution is 0.470. The van der Waals surface area contributed by atoms with Crippen LogP contribution in [0.15, 0.2) is 17.5 Å². The maximum absolute atomic E-state index is 3.79. The lowest BCUT2D eigenvalue weighted by Gasteiger charge is -2.16. The van der Waals surface area contributed by atoms with E-state index >= 15 is 0 Å². The first-order chi connectivity index (χ1) is 8.92. The van der Waals surface area contributed by atoms with E-state index in [1.165, 1.54) is 57.9 Å². The Hall–Kier alpha value is -0.340. The summed E-state index contributed by atoms with van der Waals surface area (Å²) >= 11 is 1.91. The van der Waals surface area contributed by atoms with Crippen molar-refractivity contribution in [3.8, 4) is 0 Å². The highest BCUT2D eigenvalue weighted by atomic mass is 32.1.